The molecule has 2 aliphatic rings. The molecule has 0 aromatic rings. The molecule has 4 heteroatoms. The van der Waals surface area contributed by atoms with Crippen molar-refractivity contribution >= 4 is 11.8 Å². The predicted octanol–water partition coefficient (Wildman–Crippen LogP) is 1.42. The summed E-state index contributed by atoms with van der Waals surface area (Å²) in [6.07, 6.45) is 0.459. The largest absolute Gasteiger partial charge is 0.396 e. The molecule has 4 nitrogen and oxygen atoms in total. The first-order valence-corrected chi connectivity index (χ1v) is 6.61. The van der Waals surface area contributed by atoms with Gasteiger partial charge in [0.15, 0.2) is 0 Å². The predicted molar refractivity (Wildman–Crippen MR) is 67.6 cm³/mol. The molecule has 1 saturated carbocycles. The van der Waals surface area contributed by atoms with Crippen molar-refractivity contribution in [3.8, 4) is 0 Å². The summed E-state index contributed by atoms with van der Waals surface area (Å²) < 4.78 is 0. The number of likely N-dealkylation sites (tertiary alicyclic amines) is 1. The zero-order valence-electron chi connectivity index (χ0n) is 11.9. The fraction of sp³-hybridized carbons (Fsp3) is 0.857. The molecule has 0 aromatic heterocycles. The fourth-order valence-electron chi connectivity index (χ4n) is 3.35. The summed E-state index contributed by atoms with van der Waals surface area (Å²) in [4.78, 5) is 26.1. The molecule has 1 heterocycles. The molecule has 3 atom stereocenters. The lowest BCUT2D eigenvalue weighted by molar-refractivity contribution is -0.149. The van der Waals surface area contributed by atoms with Crippen LogP contribution in [0.15, 0.2) is 0 Å². The molecule has 0 aromatic carbocycles. The molecule has 102 valence electrons. The zero-order chi connectivity index (χ0) is 13.9. The minimum atomic E-state index is -0.203. The van der Waals surface area contributed by atoms with E-state index in [2.05, 4.69) is 0 Å². The lowest BCUT2D eigenvalue weighted by Crippen LogP contribution is -2.50. The van der Waals surface area contributed by atoms with Crippen molar-refractivity contribution in [2.75, 3.05) is 6.61 Å². The Morgan fingerprint density at radius 2 is 1.67 bits per heavy atom. The highest BCUT2D eigenvalue weighted by Gasteiger charge is 2.73. The maximum Gasteiger partial charge on any atom is 0.233 e. The molecular formula is C14H23NO3. The monoisotopic (exact) mass is 253 g/mol. The van der Waals surface area contributed by atoms with Crippen molar-refractivity contribution in [1.82, 2.24) is 4.90 Å². The van der Waals surface area contributed by atoms with Crippen LogP contribution in [0.5, 0.6) is 0 Å². The average Bonchev–Trinajstić information content (AvgIpc) is 2.66. The van der Waals surface area contributed by atoms with E-state index in [0.717, 1.165) is 0 Å². The average molecular weight is 253 g/mol. The Morgan fingerprint density at radius 3 is 2.00 bits per heavy atom. The summed E-state index contributed by atoms with van der Waals surface area (Å²) in [5, 5.41) is 9.16. The lowest BCUT2D eigenvalue weighted by Gasteiger charge is -2.38. The Bertz CT molecular complexity index is 370. The molecule has 2 fully saturated rings. The number of hydrogen-bond donors (Lipinski definition) is 1. The van der Waals surface area contributed by atoms with E-state index in [0.29, 0.717) is 6.42 Å². The van der Waals surface area contributed by atoms with Crippen molar-refractivity contribution < 1.29 is 14.7 Å². The van der Waals surface area contributed by atoms with Crippen molar-refractivity contribution in [3.63, 3.8) is 0 Å². The van der Waals surface area contributed by atoms with Gasteiger partial charge < -0.3 is 5.11 Å². The van der Waals surface area contributed by atoms with Crippen LogP contribution in [-0.4, -0.2) is 34.5 Å². The van der Waals surface area contributed by atoms with Crippen molar-refractivity contribution in [2.45, 2.75) is 47.1 Å². The van der Waals surface area contributed by atoms with Gasteiger partial charge in [0.25, 0.3) is 0 Å². The van der Waals surface area contributed by atoms with Crippen LogP contribution in [0.3, 0.4) is 0 Å². The maximum absolute atomic E-state index is 12.4. The molecule has 0 spiro atoms. The van der Waals surface area contributed by atoms with E-state index in [1.807, 2.05) is 34.6 Å². The topological polar surface area (TPSA) is 57.6 Å². The van der Waals surface area contributed by atoms with Crippen molar-refractivity contribution in [1.29, 1.82) is 0 Å². The third-order valence-corrected chi connectivity index (χ3v) is 4.55. The maximum atomic E-state index is 12.4. The Morgan fingerprint density at radius 1 is 1.22 bits per heavy atom. The van der Waals surface area contributed by atoms with Crippen LogP contribution < -0.4 is 0 Å². The number of aliphatic hydroxyl groups excluding tert-OH is 1. The van der Waals surface area contributed by atoms with E-state index in [4.69, 9.17) is 5.11 Å². The van der Waals surface area contributed by atoms with E-state index in [1.54, 1.807) is 0 Å². The Kier molecular flexibility index (Phi) is 2.85. The van der Waals surface area contributed by atoms with E-state index < -0.39 is 0 Å². The molecule has 0 radical (unpaired) electrons. The molecule has 1 saturated heterocycles. The highest BCUT2D eigenvalue weighted by Crippen LogP contribution is 2.64. The van der Waals surface area contributed by atoms with Crippen LogP contribution in [0.1, 0.15) is 41.0 Å². The van der Waals surface area contributed by atoms with Crippen LogP contribution in [0.4, 0.5) is 0 Å². The molecule has 1 aliphatic carbocycles. The van der Waals surface area contributed by atoms with Gasteiger partial charge in [-0.2, -0.15) is 0 Å². The van der Waals surface area contributed by atoms with E-state index in [-0.39, 0.29) is 47.1 Å². The number of carbonyl (C=O) groups is 2. The minimum Gasteiger partial charge on any atom is -0.396 e. The van der Waals surface area contributed by atoms with Gasteiger partial charge in [0.05, 0.1) is 11.8 Å². The number of fused-ring (bicyclic) bond motifs is 1. The third kappa shape index (κ3) is 1.69. The van der Waals surface area contributed by atoms with Gasteiger partial charge >= 0.3 is 0 Å². The van der Waals surface area contributed by atoms with Crippen LogP contribution in [0.25, 0.3) is 0 Å². The summed E-state index contributed by atoms with van der Waals surface area (Å²) in [6, 6.07) is -0.203. The second kappa shape index (κ2) is 3.80. The zero-order valence-corrected chi connectivity index (χ0v) is 11.9. The molecule has 1 aliphatic heterocycles. The quantitative estimate of drug-likeness (QED) is 0.774. The molecule has 2 amide bonds. The van der Waals surface area contributed by atoms with Crippen LogP contribution in [0.2, 0.25) is 0 Å². The fourth-order valence-corrected chi connectivity index (χ4v) is 3.35. The standard InChI is InChI=1S/C14H23NO3/c1-13(2,3)8(6-7-16)15-11(17)9-10(12(15)18)14(9,4)5/h8-10,16H,6-7H2,1-5H3. The molecule has 3 unspecified atom stereocenters. The summed E-state index contributed by atoms with van der Waals surface area (Å²) in [5.74, 6) is -0.339. The van der Waals surface area contributed by atoms with Crippen LogP contribution in [0, 0.1) is 22.7 Å². The highest BCUT2D eigenvalue weighted by atomic mass is 16.3. The first-order chi connectivity index (χ1) is 8.14. The lowest BCUT2D eigenvalue weighted by atomic mass is 9.83. The molecule has 1 N–H and O–H groups in total. The summed E-state index contributed by atoms with van der Waals surface area (Å²) in [6.45, 7) is 9.97. The number of nitrogens with zero attached hydrogens (tertiary/aromatic N) is 1. The molecular weight excluding hydrogens is 230 g/mol. The SMILES string of the molecule is CC(C)(C)C(CCO)N1C(=O)C2C(C1=O)C2(C)C. The number of aliphatic hydroxyl groups is 1. The smallest absolute Gasteiger partial charge is 0.233 e. The van der Waals surface area contributed by atoms with E-state index in [1.165, 1.54) is 4.90 Å². The van der Waals surface area contributed by atoms with E-state index in [9.17, 15) is 9.59 Å². The first-order valence-electron chi connectivity index (χ1n) is 6.61. The van der Waals surface area contributed by atoms with E-state index >= 15 is 0 Å². The van der Waals surface area contributed by atoms with Gasteiger partial charge in [-0.05, 0) is 17.3 Å². The second-order valence-corrected chi connectivity index (χ2v) is 7.22. The number of amides is 2. The first kappa shape index (κ1) is 13.5. The molecule has 0 bridgehead atoms. The Balaban J connectivity index is 2.25. The second-order valence-electron chi connectivity index (χ2n) is 7.22. The van der Waals surface area contributed by atoms with Gasteiger partial charge in [-0.1, -0.05) is 34.6 Å². The number of rotatable bonds is 3. The van der Waals surface area contributed by atoms with Crippen LogP contribution >= 0.6 is 0 Å². The van der Waals surface area contributed by atoms with Gasteiger partial charge in [0.2, 0.25) is 11.8 Å². The number of hydrogen-bond acceptors (Lipinski definition) is 3. The van der Waals surface area contributed by atoms with Gasteiger partial charge in [-0.25, -0.2) is 0 Å². The number of piperidine rings is 1. The van der Waals surface area contributed by atoms with Gasteiger partial charge in [-0.15, -0.1) is 0 Å². The summed E-state index contributed by atoms with van der Waals surface area (Å²) >= 11 is 0. The summed E-state index contributed by atoms with van der Waals surface area (Å²) in [7, 11) is 0. The minimum absolute atomic E-state index is 0.00226. The van der Waals surface area contributed by atoms with Gasteiger partial charge in [0.1, 0.15) is 0 Å². The Labute approximate surface area is 108 Å². The van der Waals surface area contributed by atoms with Crippen LogP contribution in [-0.2, 0) is 9.59 Å². The van der Waals surface area contributed by atoms with Crippen molar-refractivity contribution in [3.05, 3.63) is 0 Å². The molecule has 2 rings (SSSR count). The van der Waals surface area contributed by atoms with Gasteiger partial charge in [-0.3, -0.25) is 14.5 Å². The molecule has 18 heavy (non-hydrogen) atoms. The normalized spacial score (nSPS) is 31.6. The van der Waals surface area contributed by atoms with Gasteiger partial charge in [0, 0.05) is 12.6 Å². The number of carbonyl (C=O) groups excluding carboxylic acids is 2. The van der Waals surface area contributed by atoms with Crippen molar-refractivity contribution in [2.24, 2.45) is 22.7 Å². The third-order valence-electron chi connectivity index (χ3n) is 4.55. The number of imide groups is 1. The Hall–Kier alpha value is -0.900. The highest BCUT2D eigenvalue weighted by molar-refractivity contribution is 6.10. The summed E-state index contributed by atoms with van der Waals surface area (Å²) in [5.41, 5.74) is -0.360.